The van der Waals surface area contributed by atoms with Crippen LogP contribution in [-0.2, 0) is 6.42 Å². The van der Waals surface area contributed by atoms with Crippen LogP contribution in [0.15, 0.2) is 72.8 Å². The Balaban J connectivity index is 1.57. The van der Waals surface area contributed by atoms with Crippen molar-refractivity contribution in [3.05, 3.63) is 101 Å². The number of rotatable bonds is 4. The van der Waals surface area contributed by atoms with Gasteiger partial charge in [-0.2, -0.15) is 0 Å². The fourth-order valence-electron chi connectivity index (χ4n) is 3.68. The molecule has 3 aromatic rings. The number of benzene rings is 2. The zero-order valence-electron chi connectivity index (χ0n) is 15.0. The van der Waals surface area contributed by atoms with Crippen LogP contribution >= 0.6 is 0 Å². The standard InChI is InChI=1S/C23H21FN2O/c24-20-12-5-4-10-18(20)16-19-11-6-13-21(25-19)22-14-7-15-26(22)23(27)17-8-2-1-3-9-17/h1-6,8-13,22H,7,14-16H2/t22-/m1/s1. The molecule has 0 spiro atoms. The summed E-state index contributed by atoms with van der Waals surface area (Å²) in [5, 5.41) is 0. The predicted molar refractivity (Wildman–Crippen MR) is 103 cm³/mol. The molecule has 0 aliphatic carbocycles. The maximum Gasteiger partial charge on any atom is 0.254 e. The van der Waals surface area contributed by atoms with Crippen LogP contribution in [0.25, 0.3) is 0 Å². The van der Waals surface area contributed by atoms with Crippen molar-refractivity contribution in [3.8, 4) is 0 Å². The second-order valence-corrected chi connectivity index (χ2v) is 6.84. The predicted octanol–water partition coefficient (Wildman–Crippen LogP) is 4.79. The first-order chi connectivity index (χ1) is 13.2. The molecule has 4 heteroatoms. The maximum absolute atomic E-state index is 14.0. The van der Waals surface area contributed by atoms with E-state index in [9.17, 15) is 9.18 Å². The molecule has 0 bridgehead atoms. The normalized spacial score (nSPS) is 16.5. The van der Waals surface area contributed by atoms with E-state index in [0.29, 0.717) is 17.5 Å². The summed E-state index contributed by atoms with van der Waals surface area (Å²) < 4.78 is 14.0. The summed E-state index contributed by atoms with van der Waals surface area (Å²) in [5.41, 5.74) is 3.03. The first kappa shape index (κ1) is 17.4. The molecule has 0 N–H and O–H groups in total. The average molecular weight is 360 g/mol. The molecule has 1 amide bonds. The van der Waals surface area contributed by atoms with Gasteiger partial charge in [-0.05, 0) is 48.7 Å². The van der Waals surface area contributed by atoms with Gasteiger partial charge in [-0.3, -0.25) is 9.78 Å². The highest BCUT2D eigenvalue weighted by Crippen LogP contribution is 2.32. The largest absolute Gasteiger partial charge is 0.330 e. The van der Waals surface area contributed by atoms with Crippen molar-refractivity contribution in [2.75, 3.05) is 6.54 Å². The van der Waals surface area contributed by atoms with E-state index < -0.39 is 0 Å². The SMILES string of the molecule is O=C(c1ccccc1)N1CCC[C@@H]1c1cccc(Cc2ccccc2F)n1. The minimum Gasteiger partial charge on any atom is -0.330 e. The van der Waals surface area contributed by atoms with Gasteiger partial charge in [-0.15, -0.1) is 0 Å². The molecular formula is C23H21FN2O. The zero-order valence-corrected chi connectivity index (χ0v) is 15.0. The molecular weight excluding hydrogens is 339 g/mol. The van der Waals surface area contributed by atoms with Crippen LogP contribution in [-0.4, -0.2) is 22.3 Å². The number of hydrogen-bond acceptors (Lipinski definition) is 2. The Bertz CT molecular complexity index is 942. The molecule has 0 saturated carbocycles. The molecule has 0 radical (unpaired) electrons. The smallest absolute Gasteiger partial charge is 0.254 e. The second kappa shape index (κ2) is 7.70. The number of pyridine rings is 1. The summed E-state index contributed by atoms with van der Waals surface area (Å²) in [6.07, 6.45) is 2.30. The van der Waals surface area contributed by atoms with Gasteiger partial charge in [-0.25, -0.2) is 4.39 Å². The van der Waals surface area contributed by atoms with Crippen LogP contribution in [0, 0.1) is 5.82 Å². The maximum atomic E-state index is 14.0. The molecule has 27 heavy (non-hydrogen) atoms. The summed E-state index contributed by atoms with van der Waals surface area (Å²) in [7, 11) is 0. The molecule has 1 aliphatic rings. The van der Waals surface area contributed by atoms with Gasteiger partial charge in [0.1, 0.15) is 5.82 Å². The topological polar surface area (TPSA) is 33.2 Å². The summed E-state index contributed by atoms with van der Waals surface area (Å²) in [6, 6.07) is 21.9. The quantitative estimate of drug-likeness (QED) is 0.670. The number of likely N-dealkylation sites (tertiary alicyclic amines) is 1. The first-order valence-corrected chi connectivity index (χ1v) is 9.27. The van der Waals surface area contributed by atoms with Crippen LogP contribution < -0.4 is 0 Å². The van der Waals surface area contributed by atoms with Crippen molar-refractivity contribution in [3.63, 3.8) is 0 Å². The number of carbonyl (C=O) groups excluding carboxylic acids is 1. The molecule has 0 unspecified atom stereocenters. The fraction of sp³-hybridized carbons (Fsp3) is 0.217. The third-order valence-corrected chi connectivity index (χ3v) is 5.03. The number of aromatic nitrogens is 1. The second-order valence-electron chi connectivity index (χ2n) is 6.84. The molecule has 4 rings (SSSR count). The van der Waals surface area contributed by atoms with E-state index in [4.69, 9.17) is 4.98 Å². The van der Waals surface area contributed by atoms with Gasteiger partial charge in [0, 0.05) is 24.2 Å². The number of amides is 1. The summed E-state index contributed by atoms with van der Waals surface area (Å²) >= 11 is 0. The Morgan fingerprint density at radius 2 is 1.78 bits per heavy atom. The lowest BCUT2D eigenvalue weighted by atomic mass is 10.1. The Kier molecular flexibility index (Phi) is 4.97. The fourth-order valence-corrected chi connectivity index (χ4v) is 3.68. The van der Waals surface area contributed by atoms with E-state index in [1.807, 2.05) is 59.5 Å². The monoisotopic (exact) mass is 360 g/mol. The lowest BCUT2D eigenvalue weighted by Crippen LogP contribution is -2.31. The average Bonchev–Trinajstić information content (AvgIpc) is 3.20. The van der Waals surface area contributed by atoms with Gasteiger partial charge in [0.15, 0.2) is 0 Å². The van der Waals surface area contributed by atoms with Gasteiger partial charge in [0.05, 0.1) is 11.7 Å². The van der Waals surface area contributed by atoms with Crippen molar-refractivity contribution in [1.29, 1.82) is 0 Å². The van der Waals surface area contributed by atoms with Gasteiger partial charge in [-0.1, -0.05) is 42.5 Å². The number of hydrogen-bond donors (Lipinski definition) is 0. The molecule has 1 fully saturated rings. The van der Waals surface area contributed by atoms with Crippen LogP contribution in [0.2, 0.25) is 0 Å². The highest BCUT2D eigenvalue weighted by Gasteiger charge is 2.31. The van der Waals surface area contributed by atoms with Crippen molar-refractivity contribution in [2.24, 2.45) is 0 Å². The summed E-state index contributed by atoms with van der Waals surface area (Å²) in [6.45, 7) is 0.734. The van der Waals surface area contributed by atoms with Crippen molar-refractivity contribution < 1.29 is 9.18 Å². The Labute approximate surface area is 158 Å². The molecule has 2 aromatic carbocycles. The van der Waals surface area contributed by atoms with Crippen molar-refractivity contribution in [2.45, 2.75) is 25.3 Å². The molecule has 1 aromatic heterocycles. The minimum absolute atomic E-state index is 0.0294. The summed E-state index contributed by atoms with van der Waals surface area (Å²) in [4.78, 5) is 19.6. The van der Waals surface area contributed by atoms with E-state index in [-0.39, 0.29) is 17.8 Å². The Morgan fingerprint density at radius 1 is 1.00 bits per heavy atom. The van der Waals surface area contributed by atoms with E-state index in [1.54, 1.807) is 12.1 Å². The van der Waals surface area contributed by atoms with E-state index in [0.717, 1.165) is 30.8 Å². The molecule has 136 valence electrons. The molecule has 1 atom stereocenters. The van der Waals surface area contributed by atoms with Gasteiger partial charge in [0.25, 0.3) is 5.91 Å². The van der Waals surface area contributed by atoms with Crippen LogP contribution in [0.5, 0.6) is 0 Å². The van der Waals surface area contributed by atoms with Crippen LogP contribution in [0.3, 0.4) is 0 Å². The zero-order chi connectivity index (χ0) is 18.6. The number of nitrogens with zero attached hydrogens (tertiary/aromatic N) is 2. The summed E-state index contributed by atoms with van der Waals surface area (Å²) in [5.74, 6) is -0.175. The number of halogens is 1. The Hall–Kier alpha value is -3.01. The highest BCUT2D eigenvalue weighted by atomic mass is 19.1. The van der Waals surface area contributed by atoms with Crippen molar-refractivity contribution >= 4 is 5.91 Å². The number of carbonyl (C=O) groups is 1. The van der Waals surface area contributed by atoms with Gasteiger partial charge < -0.3 is 4.90 Å². The van der Waals surface area contributed by atoms with E-state index in [1.165, 1.54) is 6.07 Å². The van der Waals surface area contributed by atoms with E-state index >= 15 is 0 Å². The van der Waals surface area contributed by atoms with E-state index in [2.05, 4.69) is 0 Å². The van der Waals surface area contributed by atoms with Crippen molar-refractivity contribution in [1.82, 2.24) is 9.88 Å². The Morgan fingerprint density at radius 3 is 2.59 bits per heavy atom. The minimum atomic E-state index is -0.216. The molecule has 1 saturated heterocycles. The van der Waals surface area contributed by atoms with Gasteiger partial charge in [0.2, 0.25) is 0 Å². The molecule has 1 aliphatic heterocycles. The molecule has 3 nitrogen and oxygen atoms in total. The van der Waals surface area contributed by atoms with Crippen LogP contribution in [0.1, 0.15) is 46.2 Å². The van der Waals surface area contributed by atoms with Crippen LogP contribution in [0.4, 0.5) is 4.39 Å². The third-order valence-electron chi connectivity index (χ3n) is 5.03. The highest BCUT2D eigenvalue weighted by molar-refractivity contribution is 5.94. The first-order valence-electron chi connectivity index (χ1n) is 9.27. The lowest BCUT2D eigenvalue weighted by Gasteiger charge is -2.25. The third kappa shape index (κ3) is 3.75. The van der Waals surface area contributed by atoms with Gasteiger partial charge >= 0.3 is 0 Å². The molecule has 2 heterocycles. The lowest BCUT2D eigenvalue weighted by molar-refractivity contribution is 0.0733.